The molecule has 0 aliphatic carbocycles. The van der Waals surface area contributed by atoms with E-state index in [0.717, 1.165) is 51.6 Å². The monoisotopic (exact) mass is 303 g/mol. The summed E-state index contributed by atoms with van der Waals surface area (Å²) in [5.41, 5.74) is 0. The second-order valence-electron chi connectivity index (χ2n) is 5.99. The number of nitrogens with zero attached hydrogens (tertiary/aromatic N) is 2. The van der Waals surface area contributed by atoms with Crippen molar-refractivity contribution in [3.8, 4) is 0 Å². The van der Waals surface area contributed by atoms with E-state index in [9.17, 15) is 8.42 Å². The molecular weight excluding hydrogens is 274 g/mol. The van der Waals surface area contributed by atoms with E-state index in [1.54, 1.807) is 8.61 Å². The second-order valence-corrected chi connectivity index (χ2v) is 7.92. The molecule has 2 saturated heterocycles. The first-order valence-electron chi connectivity index (χ1n) is 8.10. The quantitative estimate of drug-likeness (QED) is 0.836. The average molecular weight is 303 g/mol. The maximum atomic E-state index is 12.7. The summed E-state index contributed by atoms with van der Waals surface area (Å²) < 4.78 is 28.9. The van der Waals surface area contributed by atoms with Gasteiger partial charge in [-0.3, -0.25) is 0 Å². The van der Waals surface area contributed by atoms with Crippen molar-refractivity contribution in [1.29, 1.82) is 0 Å². The topological polar surface area (TPSA) is 52.7 Å². The van der Waals surface area contributed by atoms with Crippen LogP contribution in [-0.4, -0.2) is 56.3 Å². The molecule has 0 spiro atoms. The Morgan fingerprint density at radius 2 is 1.65 bits per heavy atom. The number of piperidine rings is 1. The first-order chi connectivity index (χ1) is 9.64. The minimum atomic E-state index is -3.23. The first-order valence-corrected chi connectivity index (χ1v) is 9.50. The minimum absolute atomic E-state index is 0.463. The second kappa shape index (κ2) is 7.73. The Balaban J connectivity index is 1.96. The standard InChI is InChI=1S/C14H29N3O2S/c1-2-15-12-14-8-7-11-17(13-14)20(18,19)16-9-5-3-4-6-10-16/h14-15H,2-13H2,1H3. The summed E-state index contributed by atoms with van der Waals surface area (Å²) in [4.78, 5) is 0. The lowest BCUT2D eigenvalue weighted by molar-refractivity contribution is 0.243. The third-order valence-corrected chi connectivity index (χ3v) is 6.38. The van der Waals surface area contributed by atoms with Gasteiger partial charge >= 0.3 is 0 Å². The predicted molar refractivity (Wildman–Crippen MR) is 81.8 cm³/mol. The molecule has 0 aromatic heterocycles. The fourth-order valence-electron chi connectivity index (χ4n) is 3.19. The molecule has 2 aliphatic heterocycles. The highest BCUT2D eigenvalue weighted by Gasteiger charge is 2.33. The van der Waals surface area contributed by atoms with E-state index in [1.165, 1.54) is 0 Å². The van der Waals surface area contributed by atoms with Crippen LogP contribution < -0.4 is 5.32 Å². The van der Waals surface area contributed by atoms with Crippen molar-refractivity contribution in [2.24, 2.45) is 5.92 Å². The predicted octanol–water partition coefficient (Wildman–Crippen LogP) is 1.43. The molecule has 20 heavy (non-hydrogen) atoms. The summed E-state index contributed by atoms with van der Waals surface area (Å²) in [6.45, 7) is 6.77. The summed E-state index contributed by atoms with van der Waals surface area (Å²) >= 11 is 0. The van der Waals surface area contributed by atoms with Crippen LogP contribution in [0.4, 0.5) is 0 Å². The van der Waals surface area contributed by atoms with Crippen LogP contribution in [0.15, 0.2) is 0 Å². The van der Waals surface area contributed by atoms with Crippen molar-refractivity contribution in [1.82, 2.24) is 13.9 Å². The van der Waals surface area contributed by atoms with Gasteiger partial charge in [0.25, 0.3) is 10.2 Å². The number of hydrogen-bond acceptors (Lipinski definition) is 3. The van der Waals surface area contributed by atoms with E-state index < -0.39 is 10.2 Å². The Hall–Kier alpha value is -0.170. The van der Waals surface area contributed by atoms with E-state index in [2.05, 4.69) is 12.2 Å². The molecule has 0 radical (unpaired) electrons. The number of rotatable bonds is 5. The zero-order valence-corrected chi connectivity index (χ0v) is 13.5. The van der Waals surface area contributed by atoms with Gasteiger partial charge in [0.1, 0.15) is 0 Å². The lowest BCUT2D eigenvalue weighted by Crippen LogP contribution is -2.49. The largest absolute Gasteiger partial charge is 0.317 e. The number of hydrogen-bond donors (Lipinski definition) is 1. The molecule has 0 aromatic carbocycles. The van der Waals surface area contributed by atoms with Crippen LogP contribution in [0.1, 0.15) is 45.4 Å². The van der Waals surface area contributed by atoms with E-state index in [0.29, 0.717) is 32.1 Å². The van der Waals surface area contributed by atoms with Crippen LogP contribution >= 0.6 is 0 Å². The Morgan fingerprint density at radius 3 is 2.30 bits per heavy atom. The third-order valence-electron chi connectivity index (χ3n) is 4.38. The highest BCUT2D eigenvalue weighted by molar-refractivity contribution is 7.86. The van der Waals surface area contributed by atoms with Gasteiger partial charge in [0.15, 0.2) is 0 Å². The zero-order chi connectivity index (χ0) is 14.4. The van der Waals surface area contributed by atoms with Crippen LogP contribution in [-0.2, 0) is 10.2 Å². The van der Waals surface area contributed by atoms with Crippen molar-refractivity contribution < 1.29 is 8.42 Å². The third kappa shape index (κ3) is 4.16. The Kier molecular flexibility index (Phi) is 6.26. The Morgan fingerprint density at radius 1 is 1.00 bits per heavy atom. The molecule has 2 aliphatic rings. The lowest BCUT2D eigenvalue weighted by atomic mass is 10.00. The van der Waals surface area contributed by atoms with Crippen LogP contribution in [0.2, 0.25) is 0 Å². The van der Waals surface area contributed by atoms with Crippen LogP contribution in [0.25, 0.3) is 0 Å². The molecule has 5 nitrogen and oxygen atoms in total. The van der Waals surface area contributed by atoms with E-state index in [4.69, 9.17) is 0 Å². The fraction of sp³-hybridized carbons (Fsp3) is 1.00. The molecule has 0 aromatic rings. The van der Waals surface area contributed by atoms with E-state index in [1.807, 2.05) is 0 Å². The normalized spacial score (nSPS) is 27.4. The zero-order valence-electron chi connectivity index (χ0n) is 12.7. The molecule has 1 N–H and O–H groups in total. The van der Waals surface area contributed by atoms with Gasteiger partial charge < -0.3 is 5.32 Å². The van der Waals surface area contributed by atoms with Crippen molar-refractivity contribution in [3.63, 3.8) is 0 Å². The Bertz CT molecular complexity index is 378. The molecule has 0 saturated carbocycles. The molecule has 0 amide bonds. The van der Waals surface area contributed by atoms with Crippen LogP contribution in [0.5, 0.6) is 0 Å². The van der Waals surface area contributed by atoms with Gasteiger partial charge in [-0.15, -0.1) is 0 Å². The molecule has 2 rings (SSSR count). The number of nitrogens with one attached hydrogen (secondary N) is 1. The maximum Gasteiger partial charge on any atom is 0.281 e. The van der Waals surface area contributed by atoms with Gasteiger partial charge in [-0.2, -0.15) is 17.0 Å². The minimum Gasteiger partial charge on any atom is -0.317 e. The SMILES string of the molecule is CCNCC1CCCN(S(=O)(=O)N2CCCCCC2)C1. The van der Waals surface area contributed by atoms with Gasteiger partial charge in [-0.05, 0) is 44.7 Å². The van der Waals surface area contributed by atoms with Crippen molar-refractivity contribution >= 4 is 10.2 Å². The van der Waals surface area contributed by atoms with Gasteiger partial charge in [-0.1, -0.05) is 19.8 Å². The highest BCUT2D eigenvalue weighted by Crippen LogP contribution is 2.22. The van der Waals surface area contributed by atoms with Crippen LogP contribution in [0, 0.1) is 5.92 Å². The fourth-order valence-corrected chi connectivity index (χ4v) is 4.99. The molecule has 6 heteroatoms. The van der Waals surface area contributed by atoms with E-state index >= 15 is 0 Å². The summed E-state index contributed by atoms with van der Waals surface area (Å²) in [6, 6.07) is 0. The van der Waals surface area contributed by atoms with Crippen molar-refractivity contribution in [2.75, 3.05) is 39.3 Å². The molecule has 118 valence electrons. The van der Waals surface area contributed by atoms with Gasteiger partial charge in [0.05, 0.1) is 0 Å². The lowest BCUT2D eigenvalue weighted by Gasteiger charge is -2.35. The molecule has 2 heterocycles. The Labute approximate surface area is 123 Å². The van der Waals surface area contributed by atoms with E-state index in [-0.39, 0.29) is 0 Å². The molecule has 1 atom stereocenters. The average Bonchev–Trinajstić information content (AvgIpc) is 2.75. The maximum absolute atomic E-state index is 12.7. The smallest absolute Gasteiger partial charge is 0.281 e. The van der Waals surface area contributed by atoms with Crippen LogP contribution in [0.3, 0.4) is 0 Å². The molecule has 1 unspecified atom stereocenters. The summed E-state index contributed by atoms with van der Waals surface area (Å²) in [7, 11) is -3.23. The summed E-state index contributed by atoms with van der Waals surface area (Å²) in [5, 5.41) is 3.34. The van der Waals surface area contributed by atoms with Gasteiger partial charge in [0, 0.05) is 26.2 Å². The highest BCUT2D eigenvalue weighted by atomic mass is 32.2. The summed E-state index contributed by atoms with van der Waals surface area (Å²) in [6.07, 6.45) is 6.47. The van der Waals surface area contributed by atoms with Crippen molar-refractivity contribution in [3.05, 3.63) is 0 Å². The van der Waals surface area contributed by atoms with Gasteiger partial charge in [-0.25, -0.2) is 0 Å². The summed E-state index contributed by atoms with van der Waals surface area (Å²) in [5.74, 6) is 0.463. The first kappa shape index (κ1) is 16.2. The molecular formula is C14H29N3O2S. The van der Waals surface area contributed by atoms with Crippen molar-refractivity contribution in [2.45, 2.75) is 45.4 Å². The molecule has 0 bridgehead atoms. The molecule has 2 fully saturated rings. The van der Waals surface area contributed by atoms with Gasteiger partial charge in [0.2, 0.25) is 0 Å².